The van der Waals surface area contributed by atoms with Crippen molar-refractivity contribution in [2.45, 2.75) is 0 Å². The molecule has 0 N–H and O–H groups in total. The summed E-state index contributed by atoms with van der Waals surface area (Å²) in [6.45, 7) is 0. The summed E-state index contributed by atoms with van der Waals surface area (Å²) in [5, 5.41) is 9.13. The fraction of sp³-hybridized carbons (Fsp3) is 0.100. The summed E-state index contributed by atoms with van der Waals surface area (Å²) in [7, 11) is 1.77. The van der Waals surface area contributed by atoms with Crippen LogP contribution in [0.25, 0.3) is 11.4 Å². The van der Waals surface area contributed by atoms with Gasteiger partial charge in [-0.25, -0.2) is 4.98 Å². The van der Waals surface area contributed by atoms with Gasteiger partial charge in [-0.3, -0.25) is 4.98 Å². The lowest BCUT2D eigenvalue weighted by Gasteiger charge is -2.00. The molecular formula is C10H7ClN4. The zero-order valence-electron chi connectivity index (χ0n) is 7.98. The Hall–Kier alpha value is -1.86. The first-order valence-electron chi connectivity index (χ1n) is 4.26. The predicted octanol–water partition coefficient (Wildman–Crippen LogP) is 2.01. The van der Waals surface area contributed by atoms with Gasteiger partial charge in [0, 0.05) is 25.0 Å². The summed E-state index contributed by atoms with van der Waals surface area (Å²) in [5.74, 6) is 0.666. The second-order valence-corrected chi connectivity index (χ2v) is 3.34. The highest BCUT2D eigenvalue weighted by atomic mass is 35.5. The Kier molecular flexibility index (Phi) is 2.40. The highest BCUT2D eigenvalue weighted by molar-refractivity contribution is 6.30. The molecular weight excluding hydrogens is 212 g/mol. The third-order valence-electron chi connectivity index (χ3n) is 2.07. The smallest absolute Gasteiger partial charge is 0.178 e. The third-order valence-corrected chi connectivity index (χ3v) is 2.50. The standard InChI is InChI=1S/C10H7ClN4/c1-15-9(11)8(6-12)14-10(15)7-2-4-13-5-3-7/h2-5H,1H3. The summed E-state index contributed by atoms with van der Waals surface area (Å²) in [6, 6.07) is 5.59. The van der Waals surface area contributed by atoms with E-state index in [0.717, 1.165) is 5.56 Å². The molecule has 2 aromatic heterocycles. The first kappa shape index (κ1) is 9.69. The Balaban J connectivity index is 2.61. The molecule has 0 aliphatic carbocycles. The first-order valence-corrected chi connectivity index (χ1v) is 4.64. The number of aromatic nitrogens is 3. The average molecular weight is 219 g/mol. The number of pyridine rings is 1. The minimum absolute atomic E-state index is 0.242. The van der Waals surface area contributed by atoms with E-state index in [0.29, 0.717) is 11.0 Å². The Morgan fingerprint density at radius 1 is 1.40 bits per heavy atom. The van der Waals surface area contributed by atoms with Crippen molar-refractivity contribution >= 4 is 11.6 Å². The molecule has 74 valence electrons. The van der Waals surface area contributed by atoms with Crippen LogP contribution < -0.4 is 0 Å². The fourth-order valence-electron chi connectivity index (χ4n) is 1.31. The van der Waals surface area contributed by atoms with Gasteiger partial charge in [0.05, 0.1) is 0 Å². The van der Waals surface area contributed by atoms with Crippen LogP contribution >= 0.6 is 11.6 Å². The minimum atomic E-state index is 0.242. The van der Waals surface area contributed by atoms with E-state index in [4.69, 9.17) is 16.9 Å². The lowest BCUT2D eigenvalue weighted by Crippen LogP contribution is -1.92. The number of halogens is 1. The van der Waals surface area contributed by atoms with Crippen molar-refractivity contribution in [2.24, 2.45) is 7.05 Å². The highest BCUT2D eigenvalue weighted by Gasteiger charge is 2.13. The van der Waals surface area contributed by atoms with Crippen molar-refractivity contribution in [3.8, 4) is 17.5 Å². The molecule has 0 bridgehead atoms. The van der Waals surface area contributed by atoms with E-state index in [9.17, 15) is 0 Å². The number of nitrogens with zero attached hydrogens (tertiary/aromatic N) is 4. The van der Waals surface area contributed by atoms with Crippen molar-refractivity contribution < 1.29 is 0 Å². The Labute approximate surface area is 91.8 Å². The predicted molar refractivity (Wildman–Crippen MR) is 56.2 cm³/mol. The van der Waals surface area contributed by atoms with Crippen molar-refractivity contribution in [2.75, 3.05) is 0 Å². The second kappa shape index (κ2) is 3.71. The number of hydrogen-bond donors (Lipinski definition) is 0. The van der Waals surface area contributed by atoms with Crippen molar-refractivity contribution in [3.63, 3.8) is 0 Å². The van der Waals surface area contributed by atoms with Gasteiger partial charge in [-0.05, 0) is 12.1 Å². The number of hydrogen-bond acceptors (Lipinski definition) is 3. The molecule has 2 aromatic rings. The molecule has 2 rings (SSSR count). The molecule has 4 nitrogen and oxygen atoms in total. The maximum atomic E-state index is 8.78. The highest BCUT2D eigenvalue weighted by Crippen LogP contribution is 2.23. The summed E-state index contributed by atoms with van der Waals surface area (Å²) in [6.07, 6.45) is 3.34. The maximum absolute atomic E-state index is 8.78. The monoisotopic (exact) mass is 218 g/mol. The Bertz CT molecular complexity index is 524. The van der Waals surface area contributed by atoms with Crippen LogP contribution in [0.5, 0.6) is 0 Å². The Morgan fingerprint density at radius 3 is 2.60 bits per heavy atom. The third kappa shape index (κ3) is 1.58. The number of rotatable bonds is 1. The summed E-state index contributed by atoms with van der Waals surface area (Å²) in [4.78, 5) is 8.06. The quantitative estimate of drug-likeness (QED) is 0.736. The first-order chi connectivity index (χ1) is 7.24. The second-order valence-electron chi connectivity index (χ2n) is 2.98. The molecule has 5 heteroatoms. The molecule has 0 fully saturated rings. The van der Waals surface area contributed by atoms with Crippen LogP contribution in [-0.2, 0) is 7.05 Å². The van der Waals surface area contributed by atoms with E-state index in [-0.39, 0.29) is 5.69 Å². The van der Waals surface area contributed by atoms with E-state index in [1.54, 1.807) is 24.0 Å². The SMILES string of the molecule is Cn1c(-c2ccncc2)nc(C#N)c1Cl. The van der Waals surface area contributed by atoms with Crippen LogP contribution in [0.2, 0.25) is 5.15 Å². The van der Waals surface area contributed by atoms with E-state index in [2.05, 4.69) is 9.97 Å². The van der Waals surface area contributed by atoms with Crippen molar-refractivity contribution in [1.29, 1.82) is 5.26 Å². The van der Waals surface area contributed by atoms with Gasteiger partial charge in [-0.15, -0.1) is 0 Å². The van der Waals surface area contributed by atoms with Gasteiger partial charge >= 0.3 is 0 Å². The van der Waals surface area contributed by atoms with Gasteiger partial charge in [-0.2, -0.15) is 5.26 Å². The molecule has 0 aromatic carbocycles. The summed E-state index contributed by atoms with van der Waals surface area (Å²) < 4.78 is 1.68. The largest absolute Gasteiger partial charge is 0.317 e. The molecule has 0 amide bonds. The van der Waals surface area contributed by atoms with Crippen LogP contribution in [0.4, 0.5) is 0 Å². The number of imidazole rings is 1. The van der Waals surface area contributed by atoms with Gasteiger partial charge < -0.3 is 4.57 Å². The summed E-state index contributed by atoms with van der Waals surface area (Å²) in [5.41, 5.74) is 1.13. The van der Waals surface area contributed by atoms with Gasteiger partial charge in [0.25, 0.3) is 0 Å². The molecule has 2 heterocycles. The average Bonchev–Trinajstić information content (AvgIpc) is 2.57. The van der Waals surface area contributed by atoms with E-state index >= 15 is 0 Å². The molecule has 0 aliphatic heterocycles. The van der Waals surface area contributed by atoms with Gasteiger partial charge in [-0.1, -0.05) is 11.6 Å². The van der Waals surface area contributed by atoms with E-state index < -0.39 is 0 Å². The molecule has 0 atom stereocenters. The molecule has 0 radical (unpaired) electrons. The molecule has 0 saturated heterocycles. The van der Waals surface area contributed by atoms with Crippen LogP contribution in [0, 0.1) is 11.3 Å². The lowest BCUT2D eigenvalue weighted by atomic mass is 10.2. The molecule has 0 aliphatic rings. The fourth-order valence-corrected chi connectivity index (χ4v) is 1.47. The molecule has 0 unspecified atom stereocenters. The Morgan fingerprint density at radius 2 is 2.07 bits per heavy atom. The topological polar surface area (TPSA) is 54.5 Å². The molecule has 0 saturated carbocycles. The van der Waals surface area contributed by atoms with Crippen molar-refractivity contribution in [3.05, 3.63) is 35.4 Å². The lowest BCUT2D eigenvalue weighted by molar-refractivity contribution is 0.925. The van der Waals surface area contributed by atoms with Crippen LogP contribution in [0.15, 0.2) is 24.5 Å². The van der Waals surface area contributed by atoms with Gasteiger partial charge in [0.2, 0.25) is 0 Å². The molecule has 0 spiro atoms. The minimum Gasteiger partial charge on any atom is -0.317 e. The van der Waals surface area contributed by atoms with Gasteiger partial charge in [0.15, 0.2) is 5.69 Å². The van der Waals surface area contributed by atoms with E-state index in [1.165, 1.54) is 0 Å². The normalized spacial score (nSPS) is 9.93. The molecule has 15 heavy (non-hydrogen) atoms. The van der Waals surface area contributed by atoms with Crippen LogP contribution in [0.3, 0.4) is 0 Å². The zero-order valence-corrected chi connectivity index (χ0v) is 8.73. The van der Waals surface area contributed by atoms with Crippen molar-refractivity contribution in [1.82, 2.24) is 14.5 Å². The summed E-state index contributed by atoms with van der Waals surface area (Å²) >= 11 is 5.93. The zero-order chi connectivity index (χ0) is 10.8. The van der Waals surface area contributed by atoms with Gasteiger partial charge in [0.1, 0.15) is 17.0 Å². The van der Waals surface area contributed by atoms with Crippen LogP contribution in [0.1, 0.15) is 5.69 Å². The number of nitriles is 1. The van der Waals surface area contributed by atoms with E-state index in [1.807, 2.05) is 18.2 Å². The maximum Gasteiger partial charge on any atom is 0.178 e. The van der Waals surface area contributed by atoms with Crippen LogP contribution in [-0.4, -0.2) is 14.5 Å².